The first kappa shape index (κ1) is 14.2. The third-order valence-electron chi connectivity index (χ3n) is 5.60. The molecule has 22 heavy (non-hydrogen) atoms. The summed E-state index contributed by atoms with van der Waals surface area (Å²) in [6.45, 7) is 3.66. The van der Waals surface area contributed by atoms with Crippen LogP contribution in [0.2, 0.25) is 0 Å². The molecule has 5 nitrogen and oxygen atoms in total. The number of nitrogens with one attached hydrogen (secondary N) is 1. The van der Waals surface area contributed by atoms with Crippen molar-refractivity contribution in [1.82, 2.24) is 15.2 Å². The molecule has 118 valence electrons. The summed E-state index contributed by atoms with van der Waals surface area (Å²) < 4.78 is 5.66. The standard InChI is InChI=1S/C17H23N3O2/c21-16(19-8-14-4-1-2-7-18-14)17-11-20(15-5-3-6-15)9-13(17)10-22-12-17/h1-2,4,7,13,15H,3,5-6,8-12H2,(H,19,21)/t13-,17-/m1/s1. The van der Waals surface area contributed by atoms with Crippen LogP contribution in [0.5, 0.6) is 0 Å². The molecule has 2 atom stereocenters. The van der Waals surface area contributed by atoms with Crippen molar-refractivity contribution in [3.05, 3.63) is 30.1 Å². The van der Waals surface area contributed by atoms with E-state index in [1.54, 1.807) is 6.20 Å². The molecule has 1 aromatic rings. The van der Waals surface area contributed by atoms with Gasteiger partial charge in [-0.15, -0.1) is 0 Å². The molecule has 1 aliphatic carbocycles. The highest BCUT2D eigenvalue weighted by molar-refractivity contribution is 5.84. The second-order valence-electron chi connectivity index (χ2n) is 6.89. The molecule has 0 spiro atoms. The van der Waals surface area contributed by atoms with E-state index in [1.165, 1.54) is 19.3 Å². The SMILES string of the molecule is O=C(NCc1ccccn1)[C@]12COC[C@H]1CN(C1CCC1)C2. The largest absolute Gasteiger partial charge is 0.380 e. The molecule has 1 saturated carbocycles. The monoisotopic (exact) mass is 301 g/mol. The minimum Gasteiger partial charge on any atom is -0.380 e. The molecular weight excluding hydrogens is 278 g/mol. The van der Waals surface area contributed by atoms with Crippen molar-refractivity contribution in [3.8, 4) is 0 Å². The quantitative estimate of drug-likeness (QED) is 0.908. The molecule has 2 saturated heterocycles. The van der Waals surface area contributed by atoms with E-state index in [4.69, 9.17) is 4.74 Å². The fraction of sp³-hybridized carbons (Fsp3) is 0.647. The minimum absolute atomic E-state index is 0.141. The van der Waals surface area contributed by atoms with Crippen molar-refractivity contribution in [1.29, 1.82) is 0 Å². The Morgan fingerprint density at radius 1 is 1.45 bits per heavy atom. The smallest absolute Gasteiger partial charge is 0.230 e. The Bertz CT molecular complexity index is 546. The maximum Gasteiger partial charge on any atom is 0.230 e. The number of amides is 1. The van der Waals surface area contributed by atoms with Gasteiger partial charge in [0.15, 0.2) is 0 Å². The summed E-state index contributed by atoms with van der Waals surface area (Å²) in [5.41, 5.74) is 0.557. The normalized spacial score (nSPS) is 31.7. The van der Waals surface area contributed by atoms with Gasteiger partial charge in [0.2, 0.25) is 5.91 Å². The Hall–Kier alpha value is -1.46. The van der Waals surface area contributed by atoms with Gasteiger partial charge in [0.05, 0.1) is 30.9 Å². The third-order valence-corrected chi connectivity index (χ3v) is 5.60. The predicted octanol–water partition coefficient (Wildman–Crippen LogP) is 1.20. The number of hydrogen-bond donors (Lipinski definition) is 1. The Kier molecular flexibility index (Phi) is 3.62. The van der Waals surface area contributed by atoms with Gasteiger partial charge in [-0.05, 0) is 25.0 Å². The van der Waals surface area contributed by atoms with Crippen molar-refractivity contribution in [2.45, 2.75) is 31.8 Å². The molecule has 2 aliphatic heterocycles. The summed E-state index contributed by atoms with van der Waals surface area (Å²) in [5, 5.41) is 3.09. The number of carbonyl (C=O) groups excluding carboxylic acids is 1. The fourth-order valence-corrected chi connectivity index (χ4v) is 3.98. The molecule has 0 aromatic carbocycles. The zero-order chi connectivity index (χ0) is 15.0. The van der Waals surface area contributed by atoms with E-state index < -0.39 is 0 Å². The number of ether oxygens (including phenoxy) is 1. The highest BCUT2D eigenvalue weighted by atomic mass is 16.5. The highest BCUT2D eigenvalue weighted by Crippen LogP contribution is 2.44. The van der Waals surface area contributed by atoms with Gasteiger partial charge in [-0.3, -0.25) is 14.7 Å². The lowest BCUT2D eigenvalue weighted by Crippen LogP contribution is -2.48. The lowest BCUT2D eigenvalue weighted by molar-refractivity contribution is -0.132. The van der Waals surface area contributed by atoms with Gasteiger partial charge < -0.3 is 10.1 Å². The van der Waals surface area contributed by atoms with Crippen LogP contribution >= 0.6 is 0 Å². The summed E-state index contributed by atoms with van der Waals surface area (Å²) >= 11 is 0. The van der Waals surface area contributed by atoms with Gasteiger partial charge in [-0.1, -0.05) is 12.5 Å². The van der Waals surface area contributed by atoms with Gasteiger partial charge in [-0.25, -0.2) is 0 Å². The minimum atomic E-state index is -0.343. The molecule has 3 heterocycles. The van der Waals surface area contributed by atoms with Crippen LogP contribution in [-0.2, 0) is 16.1 Å². The first-order valence-electron chi connectivity index (χ1n) is 8.28. The molecular formula is C17H23N3O2. The number of pyridine rings is 1. The first-order chi connectivity index (χ1) is 10.8. The topological polar surface area (TPSA) is 54.5 Å². The molecule has 4 rings (SSSR count). The van der Waals surface area contributed by atoms with Crippen LogP contribution in [0.4, 0.5) is 0 Å². The average Bonchev–Trinajstić information content (AvgIpc) is 3.02. The van der Waals surface area contributed by atoms with E-state index in [0.29, 0.717) is 25.1 Å². The zero-order valence-electron chi connectivity index (χ0n) is 12.8. The Morgan fingerprint density at radius 3 is 3.09 bits per heavy atom. The van der Waals surface area contributed by atoms with Crippen LogP contribution in [0, 0.1) is 11.3 Å². The average molecular weight is 301 g/mol. The molecule has 1 aromatic heterocycles. The summed E-state index contributed by atoms with van der Waals surface area (Å²) in [4.78, 5) is 19.6. The van der Waals surface area contributed by atoms with Crippen molar-refractivity contribution in [2.75, 3.05) is 26.3 Å². The van der Waals surface area contributed by atoms with Crippen LogP contribution in [0.3, 0.4) is 0 Å². The van der Waals surface area contributed by atoms with Gasteiger partial charge >= 0.3 is 0 Å². The van der Waals surface area contributed by atoms with Crippen LogP contribution in [0.25, 0.3) is 0 Å². The van der Waals surface area contributed by atoms with Crippen LogP contribution < -0.4 is 5.32 Å². The second kappa shape index (κ2) is 5.63. The Balaban J connectivity index is 1.43. The number of carbonyl (C=O) groups is 1. The molecule has 1 N–H and O–H groups in total. The molecule has 3 fully saturated rings. The highest BCUT2D eigenvalue weighted by Gasteiger charge is 2.56. The number of hydrogen-bond acceptors (Lipinski definition) is 4. The summed E-state index contributed by atoms with van der Waals surface area (Å²) in [5.74, 6) is 0.485. The van der Waals surface area contributed by atoms with E-state index >= 15 is 0 Å². The number of likely N-dealkylation sites (tertiary alicyclic amines) is 1. The van der Waals surface area contributed by atoms with E-state index in [1.807, 2.05) is 18.2 Å². The maximum atomic E-state index is 12.9. The first-order valence-corrected chi connectivity index (χ1v) is 8.28. The van der Waals surface area contributed by atoms with Crippen molar-refractivity contribution >= 4 is 5.91 Å². The van der Waals surface area contributed by atoms with Crippen molar-refractivity contribution in [2.24, 2.45) is 11.3 Å². The molecule has 1 amide bonds. The fourth-order valence-electron chi connectivity index (χ4n) is 3.98. The number of fused-ring (bicyclic) bond motifs is 1. The molecule has 5 heteroatoms. The molecule has 0 unspecified atom stereocenters. The third kappa shape index (κ3) is 2.32. The summed E-state index contributed by atoms with van der Waals surface area (Å²) in [6.07, 6.45) is 5.68. The molecule has 0 radical (unpaired) electrons. The second-order valence-corrected chi connectivity index (χ2v) is 6.89. The lowest BCUT2D eigenvalue weighted by atomic mass is 9.80. The Morgan fingerprint density at radius 2 is 2.36 bits per heavy atom. The predicted molar refractivity (Wildman–Crippen MR) is 82.0 cm³/mol. The van der Waals surface area contributed by atoms with Crippen LogP contribution in [0.15, 0.2) is 24.4 Å². The maximum absolute atomic E-state index is 12.9. The van der Waals surface area contributed by atoms with Gasteiger partial charge in [-0.2, -0.15) is 0 Å². The number of rotatable bonds is 4. The number of nitrogens with zero attached hydrogens (tertiary/aromatic N) is 2. The van der Waals surface area contributed by atoms with Crippen molar-refractivity contribution in [3.63, 3.8) is 0 Å². The zero-order valence-corrected chi connectivity index (χ0v) is 12.8. The van der Waals surface area contributed by atoms with E-state index in [2.05, 4.69) is 15.2 Å². The summed E-state index contributed by atoms with van der Waals surface area (Å²) in [7, 11) is 0. The molecule has 3 aliphatic rings. The van der Waals surface area contributed by atoms with E-state index in [-0.39, 0.29) is 11.3 Å². The van der Waals surface area contributed by atoms with Crippen LogP contribution in [-0.4, -0.2) is 48.1 Å². The molecule has 0 bridgehead atoms. The van der Waals surface area contributed by atoms with Crippen LogP contribution in [0.1, 0.15) is 25.0 Å². The lowest BCUT2D eigenvalue weighted by Gasteiger charge is -2.36. The van der Waals surface area contributed by atoms with Crippen molar-refractivity contribution < 1.29 is 9.53 Å². The van der Waals surface area contributed by atoms with Gasteiger partial charge in [0.1, 0.15) is 0 Å². The summed E-state index contributed by atoms with van der Waals surface area (Å²) in [6, 6.07) is 6.47. The Labute approximate surface area is 131 Å². The van der Waals surface area contributed by atoms with E-state index in [0.717, 1.165) is 25.4 Å². The van der Waals surface area contributed by atoms with Gasteiger partial charge in [0, 0.05) is 31.2 Å². The number of aromatic nitrogens is 1. The van der Waals surface area contributed by atoms with E-state index in [9.17, 15) is 4.79 Å². The van der Waals surface area contributed by atoms with Gasteiger partial charge in [0.25, 0.3) is 0 Å².